The van der Waals surface area contributed by atoms with Crippen molar-refractivity contribution in [3.05, 3.63) is 41.9 Å². The molecule has 2 aromatic rings. The highest BCUT2D eigenvalue weighted by molar-refractivity contribution is 6.76. The molecule has 0 unspecified atom stereocenters. The maximum Gasteiger partial charge on any atom is 0.132 e. The van der Waals surface area contributed by atoms with Crippen LogP contribution in [0, 0.1) is 5.41 Å². The Kier molecular flexibility index (Phi) is 7.54. The summed E-state index contributed by atoms with van der Waals surface area (Å²) >= 11 is 0. The van der Waals surface area contributed by atoms with Crippen LogP contribution in [-0.2, 0) is 4.74 Å². The molecule has 2 aliphatic rings. The summed E-state index contributed by atoms with van der Waals surface area (Å²) < 4.78 is 12.1. The Morgan fingerprint density at radius 1 is 1.18 bits per heavy atom. The topological polar surface area (TPSA) is 95.4 Å². The van der Waals surface area contributed by atoms with E-state index in [-0.39, 0.29) is 5.60 Å². The number of aromatic nitrogens is 2. The standard InChI is InChI=1S/C25H38N6O2Si/c1-25(7-8-25)33-19-5-6-21(30-18-32-13-14-34(2,3)4)20(15-19)24(26)22-16-23(29-17-28-22)31-11-9-27-10-12-31/h5-6,15-17,26-27,30H,7-14,18H2,1-4H3. The second-order valence-electron chi connectivity index (χ2n) is 10.7. The molecule has 1 aromatic heterocycles. The number of piperazine rings is 1. The molecule has 34 heavy (non-hydrogen) atoms. The number of benzene rings is 1. The maximum atomic E-state index is 9.01. The SMILES string of the molecule is CC1(Oc2ccc(NCOCC[Si](C)(C)C)c(C(=N)c3cc(N4CCNCC4)ncn3)c2)CC1. The molecule has 0 bridgehead atoms. The van der Waals surface area contributed by atoms with Gasteiger partial charge >= 0.3 is 0 Å². The van der Waals surface area contributed by atoms with E-state index in [1.54, 1.807) is 6.33 Å². The number of hydrogen-bond donors (Lipinski definition) is 3. The van der Waals surface area contributed by atoms with E-state index >= 15 is 0 Å². The molecule has 0 amide bonds. The number of anilines is 2. The summed E-state index contributed by atoms with van der Waals surface area (Å²) in [4.78, 5) is 11.1. The number of nitrogens with one attached hydrogen (secondary N) is 3. The molecule has 0 radical (unpaired) electrons. The van der Waals surface area contributed by atoms with Gasteiger partial charge in [0.2, 0.25) is 0 Å². The van der Waals surface area contributed by atoms with Crippen LogP contribution < -0.4 is 20.3 Å². The zero-order valence-corrected chi connectivity index (χ0v) is 21.9. The Morgan fingerprint density at radius 2 is 1.94 bits per heavy atom. The van der Waals surface area contributed by atoms with Gasteiger partial charge in [0, 0.05) is 58.2 Å². The largest absolute Gasteiger partial charge is 0.488 e. The highest BCUT2D eigenvalue weighted by Crippen LogP contribution is 2.40. The van der Waals surface area contributed by atoms with Crippen molar-refractivity contribution in [1.29, 1.82) is 5.41 Å². The summed E-state index contributed by atoms with van der Waals surface area (Å²) in [6, 6.07) is 8.93. The van der Waals surface area contributed by atoms with E-state index in [1.165, 1.54) is 0 Å². The molecule has 1 aliphatic carbocycles. The second kappa shape index (κ2) is 10.4. The van der Waals surface area contributed by atoms with E-state index in [0.29, 0.717) is 18.1 Å². The third-order valence-corrected chi connectivity index (χ3v) is 7.99. The Labute approximate surface area is 204 Å². The first-order valence-electron chi connectivity index (χ1n) is 12.2. The van der Waals surface area contributed by atoms with Crippen molar-refractivity contribution in [3.8, 4) is 5.75 Å². The minimum absolute atomic E-state index is 0.0846. The van der Waals surface area contributed by atoms with Crippen LogP contribution >= 0.6 is 0 Å². The van der Waals surface area contributed by atoms with Gasteiger partial charge in [0.15, 0.2) is 0 Å². The third kappa shape index (κ3) is 6.77. The van der Waals surface area contributed by atoms with Crippen molar-refractivity contribution < 1.29 is 9.47 Å². The van der Waals surface area contributed by atoms with Gasteiger partial charge in [0.1, 0.15) is 30.2 Å². The van der Waals surface area contributed by atoms with Crippen molar-refractivity contribution in [1.82, 2.24) is 15.3 Å². The Hall–Kier alpha value is -2.49. The summed E-state index contributed by atoms with van der Waals surface area (Å²) in [5, 5.41) is 15.7. The van der Waals surface area contributed by atoms with E-state index in [0.717, 1.165) is 74.5 Å². The smallest absolute Gasteiger partial charge is 0.132 e. The lowest BCUT2D eigenvalue weighted by atomic mass is 10.0. The normalized spacial score (nSPS) is 17.4. The molecule has 9 heteroatoms. The van der Waals surface area contributed by atoms with Crippen LogP contribution in [0.1, 0.15) is 31.0 Å². The van der Waals surface area contributed by atoms with E-state index in [4.69, 9.17) is 14.9 Å². The monoisotopic (exact) mass is 482 g/mol. The van der Waals surface area contributed by atoms with E-state index in [9.17, 15) is 0 Å². The number of nitrogens with zero attached hydrogens (tertiary/aromatic N) is 3. The first-order chi connectivity index (χ1) is 16.2. The molecule has 0 atom stereocenters. The highest BCUT2D eigenvalue weighted by atomic mass is 28.3. The van der Waals surface area contributed by atoms with Crippen LogP contribution in [0.4, 0.5) is 11.5 Å². The summed E-state index contributed by atoms with van der Waals surface area (Å²) in [5.74, 6) is 1.64. The van der Waals surface area contributed by atoms with Crippen molar-refractivity contribution >= 4 is 25.3 Å². The molecule has 3 N–H and O–H groups in total. The third-order valence-electron chi connectivity index (χ3n) is 6.29. The molecular formula is C25H38N6O2Si. The van der Waals surface area contributed by atoms with Gasteiger partial charge in [-0.15, -0.1) is 0 Å². The quantitative estimate of drug-likeness (QED) is 0.193. The van der Waals surface area contributed by atoms with Gasteiger partial charge in [0.25, 0.3) is 0 Å². The summed E-state index contributed by atoms with van der Waals surface area (Å²) in [7, 11) is -1.13. The fraction of sp³-hybridized carbons (Fsp3) is 0.560. The van der Waals surface area contributed by atoms with Crippen LogP contribution in [0.2, 0.25) is 25.7 Å². The summed E-state index contributed by atoms with van der Waals surface area (Å²) in [6.45, 7) is 14.0. The Morgan fingerprint density at radius 3 is 2.65 bits per heavy atom. The highest BCUT2D eigenvalue weighted by Gasteiger charge is 2.40. The summed E-state index contributed by atoms with van der Waals surface area (Å²) in [6.07, 6.45) is 3.68. The first-order valence-corrected chi connectivity index (χ1v) is 15.9. The van der Waals surface area contributed by atoms with E-state index < -0.39 is 8.07 Å². The molecule has 1 aromatic carbocycles. The molecule has 1 saturated carbocycles. The Bertz CT molecular complexity index is 999. The van der Waals surface area contributed by atoms with Gasteiger partial charge in [-0.3, -0.25) is 5.41 Å². The van der Waals surface area contributed by atoms with Crippen LogP contribution in [-0.4, -0.2) is 68.9 Å². The van der Waals surface area contributed by atoms with Crippen molar-refractivity contribution in [2.45, 2.75) is 51.1 Å². The predicted molar refractivity (Wildman–Crippen MR) is 140 cm³/mol. The first kappa shape index (κ1) is 24.6. The maximum absolute atomic E-state index is 9.01. The van der Waals surface area contributed by atoms with E-state index in [2.05, 4.69) is 52.1 Å². The number of hydrogen-bond acceptors (Lipinski definition) is 8. The molecule has 1 aliphatic heterocycles. The van der Waals surface area contributed by atoms with Crippen LogP contribution in [0.3, 0.4) is 0 Å². The molecule has 4 rings (SSSR count). The predicted octanol–water partition coefficient (Wildman–Crippen LogP) is 3.96. The van der Waals surface area contributed by atoms with Gasteiger partial charge in [-0.05, 0) is 44.0 Å². The second-order valence-corrected chi connectivity index (χ2v) is 16.3. The number of rotatable bonds is 11. The molecule has 184 valence electrons. The van der Waals surface area contributed by atoms with Crippen molar-refractivity contribution in [3.63, 3.8) is 0 Å². The van der Waals surface area contributed by atoms with Crippen molar-refractivity contribution in [2.75, 3.05) is 49.7 Å². The van der Waals surface area contributed by atoms with Gasteiger partial charge in [-0.1, -0.05) is 19.6 Å². The average Bonchev–Trinajstić information content (AvgIpc) is 3.55. The Balaban J connectivity index is 1.52. The van der Waals surface area contributed by atoms with Gasteiger partial charge < -0.3 is 25.0 Å². The van der Waals surface area contributed by atoms with Crippen LogP contribution in [0.5, 0.6) is 5.75 Å². The average molecular weight is 483 g/mol. The van der Waals surface area contributed by atoms with E-state index in [1.807, 2.05) is 24.3 Å². The lowest BCUT2D eigenvalue weighted by Gasteiger charge is -2.28. The van der Waals surface area contributed by atoms with Gasteiger partial charge in [0.05, 0.1) is 11.4 Å². The zero-order valence-electron chi connectivity index (χ0n) is 20.9. The fourth-order valence-corrected chi connectivity index (χ4v) is 4.54. The molecule has 2 heterocycles. The minimum Gasteiger partial charge on any atom is -0.488 e. The van der Waals surface area contributed by atoms with Gasteiger partial charge in [-0.25, -0.2) is 9.97 Å². The lowest BCUT2D eigenvalue weighted by molar-refractivity contribution is 0.166. The molecule has 2 fully saturated rings. The van der Waals surface area contributed by atoms with Crippen molar-refractivity contribution in [2.24, 2.45) is 0 Å². The van der Waals surface area contributed by atoms with Gasteiger partial charge in [-0.2, -0.15) is 0 Å². The molecule has 1 saturated heterocycles. The van der Waals surface area contributed by atoms with Crippen LogP contribution in [0.25, 0.3) is 0 Å². The van der Waals surface area contributed by atoms with Crippen LogP contribution in [0.15, 0.2) is 30.6 Å². The summed E-state index contributed by atoms with van der Waals surface area (Å²) in [5.41, 5.74) is 2.45. The molecule has 0 spiro atoms. The minimum atomic E-state index is -1.13. The zero-order chi connectivity index (χ0) is 24.2. The fourth-order valence-electron chi connectivity index (χ4n) is 3.78. The number of ether oxygens (including phenoxy) is 2. The lowest BCUT2D eigenvalue weighted by Crippen LogP contribution is -2.44. The molecule has 8 nitrogen and oxygen atoms in total. The molecular weight excluding hydrogens is 444 g/mol.